The summed E-state index contributed by atoms with van der Waals surface area (Å²) in [6, 6.07) is 0. The van der Waals surface area contributed by atoms with E-state index < -0.39 is 6.10 Å². The van der Waals surface area contributed by atoms with Crippen LogP contribution in [0.3, 0.4) is 0 Å². The number of esters is 3. The topological polar surface area (TPSA) is 78.9 Å². The largest absolute Gasteiger partial charge is 0.462 e. The van der Waals surface area contributed by atoms with Gasteiger partial charge < -0.3 is 14.2 Å². The summed E-state index contributed by atoms with van der Waals surface area (Å²) in [6.07, 6.45) is 43.7. The smallest absolute Gasteiger partial charge is 0.306 e. The lowest BCUT2D eigenvalue weighted by Gasteiger charge is -2.18. The molecule has 0 aromatic rings. The lowest BCUT2D eigenvalue weighted by molar-refractivity contribution is -0.167. The van der Waals surface area contributed by atoms with Crippen LogP contribution in [0.15, 0.2) is 0 Å². The van der Waals surface area contributed by atoms with Gasteiger partial charge in [0.05, 0.1) is 0 Å². The van der Waals surface area contributed by atoms with Crippen LogP contribution in [0.1, 0.15) is 272 Å². The van der Waals surface area contributed by atoms with Crippen molar-refractivity contribution in [3.63, 3.8) is 0 Å². The third-order valence-electron chi connectivity index (χ3n) is 11.0. The molecule has 0 amide bonds. The summed E-state index contributed by atoms with van der Waals surface area (Å²) in [6.45, 7) is 9.00. The third kappa shape index (κ3) is 43.4. The van der Waals surface area contributed by atoms with E-state index in [2.05, 4.69) is 27.7 Å². The van der Waals surface area contributed by atoms with Gasteiger partial charge in [-0.05, 0) is 25.2 Å². The summed E-state index contributed by atoms with van der Waals surface area (Å²) in [4.78, 5) is 37.8. The van der Waals surface area contributed by atoms with E-state index in [1.165, 1.54) is 167 Å². The molecule has 0 bridgehead atoms. The summed E-state index contributed by atoms with van der Waals surface area (Å²) in [5.41, 5.74) is 0. The molecule has 0 rings (SSSR count). The fourth-order valence-electron chi connectivity index (χ4n) is 7.33. The molecule has 0 unspecified atom stereocenters. The lowest BCUT2D eigenvalue weighted by atomic mass is 10.0. The highest BCUT2D eigenvalue weighted by Crippen LogP contribution is 2.16. The average molecular weight is 779 g/mol. The second-order valence-corrected chi connectivity index (χ2v) is 17.2. The predicted octanol–water partition coefficient (Wildman–Crippen LogP) is 15.5. The van der Waals surface area contributed by atoms with Crippen LogP contribution in [0.2, 0.25) is 0 Å². The van der Waals surface area contributed by atoms with Gasteiger partial charge in [-0.25, -0.2) is 0 Å². The fourth-order valence-corrected chi connectivity index (χ4v) is 7.33. The van der Waals surface area contributed by atoms with Crippen molar-refractivity contribution in [1.29, 1.82) is 0 Å². The van der Waals surface area contributed by atoms with Crippen LogP contribution in [-0.2, 0) is 28.6 Å². The van der Waals surface area contributed by atoms with Crippen molar-refractivity contribution in [2.75, 3.05) is 13.2 Å². The van der Waals surface area contributed by atoms with Crippen molar-refractivity contribution in [2.45, 2.75) is 278 Å². The van der Waals surface area contributed by atoms with E-state index in [9.17, 15) is 14.4 Å². The van der Waals surface area contributed by atoms with Crippen molar-refractivity contribution in [3.8, 4) is 0 Å². The highest BCUT2D eigenvalue weighted by atomic mass is 16.6. The van der Waals surface area contributed by atoms with Gasteiger partial charge in [0.25, 0.3) is 0 Å². The predicted molar refractivity (Wildman–Crippen MR) is 233 cm³/mol. The molecule has 0 fully saturated rings. The molecule has 0 saturated carbocycles. The van der Waals surface area contributed by atoms with Gasteiger partial charge in [0.1, 0.15) is 13.2 Å². The maximum atomic E-state index is 12.7. The number of hydrogen-bond acceptors (Lipinski definition) is 6. The number of hydrogen-bond donors (Lipinski definition) is 0. The second-order valence-electron chi connectivity index (χ2n) is 17.2. The first-order valence-electron chi connectivity index (χ1n) is 24.4. The Bertz CT molecular complexity index is 826. The zero-order chi connectivity index (χ0) is 40.3. The number of ether oxygens (including phenoxy) is 3. The minimum atomic E-state index is -0.759. The van der Waals surface area contributed by atoms with Crippen LogP contribution in [0.4, 0.5) is 0 Å². The Morgan fingerprint density at radius 2 is 0.600 bits per heavy atom. The minimum Gasteiger partial charge on any atom is -0.462 e. The molecule has 0 saturated heterocycles. The Kier molecular flexibility index (Phi) is 42.3. The lowest BCUT2D eigenvalue weighted by Crippen LogP contribution is -2.30. The first-order valence-corrected chi connectivity index (χ1v) is 24.4. The Labute approximate surface area is 342 Å². The number of rotatable bonds is 44. The third-order valence-corrected chi connectivity index (χ3v) is 11.0. The highest BCUT2D eigenvalue weighted by molar-refractivity contribution is 5.71. The standard InChI is InChI=1S/C49H94O6/c1-5-7-9-11-13-15-17-21-24-28-32-36-40-47(50)53-43-46(55-49(52)42-38-34-30-26-19-16-14-12-10-8-6-2)44-54-48(51)41-37-33-29-25-22-18-20-23-27-31-35-39-45(3)4/h45-46H,5-44H2,1-4H3/t46-/m1/s1. The van der Waals surface area contributed by atoms with E-state index in [0.717, 1.165) is 63.7 Å². The molecule has 0 radical (unpaired) electrons. The first-order chi connectivity index (χ1) is 26.9. The number of carbonyl (C=O) groups excluding carboxylic acids is 3. The summed E-state index contributed by atoms with van der Waals surface area (Å²) >= 11 is 0. The maximum absolute atomic E-state index is 12.7. The zero-order valence-electron chi connectivity index (χ0n) is 37.4. The molecule has 0 aliphatic heterocycles. The summed E-state index contributed by atoms with van der Waals surface area (Å²) in [5.74, 6) is -0.0226. The van der Waals surface area contributed by atoms with Crippen LogP contribution >= 0.6 is 0 Å². The summed E-state index contributed by atoms with van der Waals surface area (Å²) in [5, 5.41) is 0. The summed E-state index contributed by atoms with van der Waals surface area (Å²) in [7, 11) is 0. The Balaban J connectivity index is 4.31. The molecule has 0 N–H and O–H groups in total. The van der Waals surface area contributed by atoms with E-state index in [4.69, 9.17) is 14.2 Å². The molecule has 0 aromatic heterocycles. The zero-order valence-corrected chi connectivity index (χ0v) is 37.4. The molecule has 326 valence electrons. The van der Waals surface area contributed by atoms with Gasteiger partial charge in [-0.1, -0.05) is 233 Å². The van der Waals surface area contributed by atoms with Gasteiger partial charge in [0, 0.05) is 19.3 Å². The minimum absolute atomic E-state index is 0.0632. The quantitative estimate of drug-likeness (QED) is 0.0348. The van der Waals surface area contributed by atoms with E-state index in [-0.39, 0.29) is 31.1 Å². The second kappa shape index (κ2) is 43.5. The van der Waals surface area contributed by atoms with Gasteiger partial charge in [0.15, 0.2) is 6.10 Å². The van der Waals surface area contributed by atoms with E-state index in [1.54, 1.807) is 0 Å². The molecule has 55 heavy (non-hydrogen) atoms. The Hall–Kier alpha value is -1.59. The molecule has 1 atom stereocenters. The number of unbranched alkanes of at least 4 members (excludes halogenated alkanes) is 31. The Morgan fingerprint density at radius 1 is 0.345 bits per heavy atom. The molecule has 0 aliphatic rings. The molecular weight excluding hydrogens is 685 g/mol. The van der Waals surface area contributed by atoms with Gasteiger partial charge in [-0.15, -0.1) is 0 Å². The molecule has 0 aliphatic carbocycles. The van der Waals surface area contributed by atoms with Crippen LogP contribution < -0.4 is 0 Å². The van der Waals surface area contributed by atoms with Gasteiger partial charge in [-0.2, -0.15) is 0 Å². The monoisotopic (exact) mass is 779 g/mol. The van der Waals surface area contributed by atoms with Crippen LogP contribution in [-0.4, -0.2) is 37.2 Å². The van der Waals surface area contributed by atoms with E-state index >= 15 is 0 Å². The van der Waals surface area contributed by atoms with Gasteiger partial charge in [0.2, 0.25) is 0 Å². The fraction of sp³-hybridized carbons (Fsp3) is 0.939. The van der Waals surface area contributed by atoms with E-state index in [1.807, 2.05) is 0 Å². The van der Waals surface area contributed by atoms with E-state index in [0.29, 0.717) is 19.3 Å². The summed E-state index contributed by atoms with van der Waals surface area (Å²) < 4.78 is 16.8. The SMILES string of the molecule is CCCCCCCCCCCCCCC(=O)OC[C@H](COC(=O)CCCCCCCCCCCCCC(C)C)OC(=O)CCCCCCCCCCCCC. The van der Waals surface area contributed by atoms with Crippen LogP contribution in [0, 0.1) is 5.92 Å². The average Bonchev–Trinajstić information content (AvgIpc) is 3.17. The van der Waals surface area contributed by atoms with Crippen molar-refractivity contribution >= 4 is 17.9 Å². The highest BCUT2D eigenvalue weighted by Gasteiger charge is 2.19. The first kappa shape index (κ1) is 53.4. The van der Waals surface area contributed by atoms with Crippen molar-refractivity contribution in [2.24, 2.45) is 5.92 Å². The van der Waals surface area contributed by atoms with Crippen LogP contribution in [0.25, 0.3) is 0 Å². The molecule has 0 spiro atoms. The molecule has 0 aromatic carbocycles. The number of carbonyl (C=O) groups is 3. The van der Waals surface area contributed by atoms with Crippen LogP contribution in [0.5, 0.6) is 0 Å². The molecule has 6 nitrogen and oxygen atoms in total. The normalized spacial score (nSPS) is 11.9. The van der Waals surface area contributed by atoms with Crippen molar-refractivity contribution in [3.05, 3.63) is 0 Å². The molecule has 6 heteroatoms. The van der Waals surface area contributed by atoms with Gasteiger partial charge >= 0.3 is 17.9 Å². The molecule has 0 heterocycles. The maximum Gasteiger partial charge on any atom is 0.306 e. The Morgan fingerprint density at radius 3 is 0.891 bits per heavy atom. The molecular formula is C49H94O6. The van der Waals surface area contributed by atoms with Gasteiger partial charge in [-0.3, -0.25) is 14.4 Å². The van der Waals surface area contributed by atoms with Crippen molar-refractivity contribution in [1.82, 2.24) is 0 Å². The van der Waals surface area contributed by atoms with Crippen molar-refractivity contribution < 1.29 is 28.6 Å².